The molecule has 0 radical (unpaired) electrons. The zero-order chi connectivity index (χ0) is 10.8. The highest BCUT2D eigenvalue weighted by atomic mass is 32.1. The van der Waals surface area contributed by atoms with Crippen LogP contribution in [0.3, 0.4) is 0 Å². The van der Waals surface area contributed by atoms with Gasteiger partial charge >= 0.3 is 0 Å². The second-order valence-electron chi connectivity index (χ2n) is 2.97. The van der Waals surface area contributed by atoms with Gasteiger partial charge < -0.3 is 0 Å². The molecule has 0 N–H and O–H groups in total. The number of carbonyl (C=O) groups excluding carboxylic acids is 1. The molecule has 0 aliphatic rings. The predicted molar refractivity (Wildman–Crippen MR) is 54.1 cm³/mol. The summed E-state index contributed by atoms with van der Waals surface area (Å²) in [6.45, 7) is 0. The minimum absolute atomic E-state index is 0.228. The van der Waals surface area contributed by atoms with Gasteiger partial charge in [-0.25, -0.2) is 8.78 Å². The third kappa shape index (κ3) is 1.94. The van der Waals surface area contributed by atoms with Crippen molar-refractivity contribution in [3.05, 3.63) is 57.8 Å². The Labute approximate surface area is 89.0 Å². The third-order valence-corrected chi connectivity index (χ3v) is 2.64. The minimum Gasteiger partial charge on any atom is -0.288 e. The summed E-state index contributed by atoms with van der Waals surface area (Å²) in [5.74, 6) is -1.81. The first-order valence-electron chi connectivity index (χ1n) is 4.20. The molecule has 0 atom stereocenters. The summed E-state index contributed by atoms with van der Waals surface area (Å²) >= 11 is 1.34. The fourth-order valence-electron chi connectivity index (χ4n) is 1.22. The van der Waals surface area contributed by atoms with Crippen LogP contribution in [-0.4, -0.2) is 5.78 Å². The Morgan fingerprint density at radius 1 is 1.20 bits per heavy atom. The van der Waals surface area contributed by atoms with Gasteiger partial charge in [-0.15, -0.1) is 0 Å². The second kappa shape index (κ2) is 3.90. The molecule has 1 aromatic heterocycles. The quantitative estimate of drug-likeness (QED) is 0.715. The Morgan fingerprint density at radius 3 is 2.67 bits per heavy atom. The summed E-state index contributed by atoms with van der Waals surface area (Å²) in [5, 5.41) is 3.32. The number of carbonyl (C=O) groups is 1. The van der Waals surface area contributed by atoms with Gasteiger partial charge in [0, 0.05) is 10.9 Å². The lowest BCUT2D eigenvalue weighted by Gasteiger charge is -2.00. The van der Waals surface area contributed by atoms with Crippen molar-refractivity contribution in [3.8, 4) is 0 Å². The second-order valence-corrected chi connectivity index (χ2v) is 3.75. The van der Waals surface area contributed by atoms with Crippen molar-refractivity contribution in [2.45, 2.75) is 0 Å². The predicted octanol–water partition coefficient (Wildman–Crippen LogP) is 3.26. The molecule has 0 amide bonds. The van der Waals surface area contributed by atoms with Crippen molar-refractivity contribution in [2.24, 2.45) is 0 Å². The normalized spacial score (nSPS) is 10.3. The molecule has 1 nitrogen and oxygen atoms in total. The van der Waals surface area contributed by atoms with Crippen molar-refractivity contribution < 1.29 is 13.6 Å². The van der Waals surface area contributed by atoms with Crippen LogP contribution in [-0.2, 0) is 0 Å². The molecule has 2 aromatic rings. The van der Waals surface area contributed by atoms with E-state index in [2.05, 4.69) is 0 Å². The molecule has 0 aliphatic carbocycles. The summed E-state index contributed by atoms with van der Waals surface area (Å²) in [4.78, 5) is 11.7. The molecule has 0 saturated heterocycles. The average molecular weight is 224 g/mol. The third-order valence-electron chi connectivity index (χ3n) is 1.96. The molecule has 4 heteroatoms. The molecule has 76 valence electrons. The van der Waals surface area contributed by atoms with Crippen LogP contribution in [0.4, 0.5) is 8.78 Å². The van der Waals surface area contributed by atoms with E-state index in [1.165, 1.54) is 11.3 Å². The number of rotatable bonds is 2. The Balaban J connectivity index is 2.46. The first-order valence-corrected chi connectivity index (χ1v) is 5.15. The van der Waals surface area contributed by atoms with Gasteiger partial charge in [-0.2, -0.15) is 11.3 Å². The highest BCUT2D eigenvalue weighted by molar-refractivity contribution is 7.08. The number of thiophene rings is 1. The lowest BCUT2D eigenvalue weighted by atomic mass is 10.1. The zero-order valence-corrected chi connectivity index (χ0v) is 8.35. The molecular weight excluding hydrogens is 218 g/mol. The fourth-order valence-corrected chi connectivity index (χ4v) is 1.86. The number of hydrogen-bond acceptors (Lipinski definition) is 2. The van der Waals surface area contributed by atoms with Crippen molar-refractivity contribution in [1.29, 1.82) is 0 Å². The molecule has 2 rings (SSSR count). The molecule has 0 spiro atoms. The van der Waals surface area contributed by atoms with E-state index in [0.29, 0.717) is 5.56 Å². The standard InChI is InChI=1S/C11H6F2OS/c12-8-1-2-10(13)9(5-8)11(14)7-3-4-15-6-7/h1-6H. The summed E-state index contributed by atoms with van der Waals surface area (Å²) < 4.78 is 26.1. The van der Waals surface area contributed by atoms with Gasteiger partial charge in [0.05, 0.1) is 5.56 Å². The Hall–Kier alpha value is -1.55. The van der Waals surface area contributed by atoms with Gasteiger partial charge in [0.25, 0.3) is 0 Å². The van der Waals surface area contributed by atoms with E-state index >= 15 is 0 Å². The molecule has 0 bridgehead atoms. The summed E-state index contributed by atoms with van der Waals surface area (Å²) in [6, 6.07) is 4.43. The van der Waals surface area contributed by atoms with Gasteiger partial charge in [-0.1, -0.05) is 0 Å². The van der Waals surface area contributed by atoms with Crippen LogP contribution < -0.4 is 0 Å². The minimum atomic E-state index is -0.701. The van der Waals surface area contributed by atoms with Gasteiger partial charge in [-0.3, -0.25) is 4.79 Å². The summed E-state index contributed by atoms with van der Waals surface area (Å²) in [5.41, 5.74) is 0.151. The van der Waals surface area contributed by atoms with Crippen LogP contribution in [0.25, 0.3) is 0 Å². The maximum atomic E-state index is 13.2. The maximum Gasteiger partial charge on any atom is 0.196 e. The highest BCUT2D eigenvalue weighted by Gasteiger charge is 2.14. The van der Waals surface area contributed by atoms with E-state index in [1.54, 1.807) is 16.8 Å². The molecule has 0 saturated carbocycles. The van der Waals surface area contributed by atoms with Crippen molar-refractivity contribution in [3.63, 3.8) is 0 Å². The Bertz CT molecular complexity index is 491. The topological polar surface area (TPSA) is 17.1 Å². The monoisotopic (exact) mass is 224 g/mol. The van der Waals surface area contributed by atoms with Gasteiger partial charge in [-0.05, 0) is 29.6 Å². The average Bonchev–Trinajstić information content (AvgIpc) is 2.74. The summed E-state index contributed by atoms with van der Waals surface area (Å²) in [7, 11) is 0. The van der Waals surface area contributed by atoms with Gasteiger partial charge in [0.15, 0.2) is 5.78 Å². The van der Waals surface area contributed by atoms with Crippen molar-refractivity contribution >= 4 is 17.1 Å². The van der Waals surface area contributed by atoms with Crippen LogP contribution in [0.5, 0.6) is 0 Å². The van der Waals surface area contributed by atoms with E-state index in [9.17, 15) is 13.6 Å². The SMILES string of the molecule is O=C(c1ccsc1)c1cc(F)ccc1F. The smallest absolute Gasteiger partial charge is 0.196 e. The Kier molecular flexibility index (Phi) is 2.60. The largest absolute Gasteiger partial charge is 0.288 e. The molecule has 1 aromatic carbocycles. The lowest BCUT2D eigenvalue weighted by molar-refractivity contribution is 0.103. The van der Waals surface area contributed by atoms with E-state index in [4.69, 9.17) is 0 Å². The number of hydrogen-bond donors (Lipinski definition) is 0. The molecular formula is C11H6F2OS. The molecule has 0 aliphatic heterocycles. The highest BCUT2D eigenvalue weighted by Crippen LogP contribution is 2.16. The van der Waals surface area contributed by atoms with Crippen molar-refractivity contribution in [1.82, 2.24) is 0 Å². The first kappa shape index (κ1) is 9.98. The van der Waals surface area contributed by atoms with Crippen LogP contribution in [0.1, 0.15) is 15.9 Å². The number of ketones is 1. The van der Waals surface area contributed by atoms with Crippen LogP contribution >= 0.6 is 11.3 Å². The lowest BCUT2D eigenvalue weighted by Crippen LogP contribution is -2.03. The van der Waals surface area contributed by atoms with Crippen molar-refractivity contribution in [2.75, 3.05) is 0 Å². The summed E-state index contributed by atoms with van der Waals surface area (Å²) in [6.07, 6.45) is 0. The zero-order valence-electron chi connectivity index (χ0n) is 7.54. The molecule has 1 heterocycles. The van der Waals surface area contributed by atoms with Crippen LogP contribution in [0.2, 0.25) is 0 Å². The van der Waals surface area contributed by atoms with Gasteiger partial charge in [0.1, 0.15) is 11.6 Å². The van der Waals surface area contributed by atoms with E-state index in [0.717, 1.165) is 18.2 Å². The molecule has 0 fully saturated rings. The number of halogens is 2. The molecule has 15 heavy (non-hydrogen) atoms. The van der Waals surface area contributed by atoms with Crippen LogP contribution in [0.15, 0.2) is 35.0 Å². The van der Waals surface area contributed by atoms with E-state index < -0.39 is 17.4 Å². The Morgan fingerprint density at radius 2 is 2.00 bits per heavy atom. The van der Waals surface area contributed by atoms with E-state index in [1.807, 2.05) is 0 Å². The maximum absolute atomic E-state index is 13.2. The van der Waals surface area contributed by atoms with E-state index in [-0.39, 0.29) is 5.56 Å². The first-order chi connectivity index (χ1) is 7.18. The van der Waals surface area contributed by atoms with Gasteiger partial charge in [0.2, 0.25) is 0 Å². The van der Waals surface area contributed by atoms with Crippen LogP contribution in [0, 0.1) is 11.6 Å². The number of benzene rings is 1. The fraction of sp³-hybridized carbons (Fsp3) is 0. The molecule has 0 unspecified atom stereocenters.